The van der Waals surface area contributed by atoms with Crippen LogP contribution in [0.1, 0.15) is 31.7 Å². The molecule has 1 aromatic rings. The molecule has 0 saturated heterocycles. The van der Waals surface area contributed by atoms with Crippen LogP contribution in [-0.4, -0.2) is 43.5 Å². The van der Waals surface area contributed by atoms with Gasteiger partial charge in [0.05, 0.1) is 29.2 Å². The number of esters is 1. The van der Waals surface area contributed by atoms with Crippen molar-refractivity contribution in [2.75, 3.05) is 13.4 Å². The van der Waals surface area contributed by atoms with Crippen LogP contribution in [0.4, 0.5) is 0 Å². The molecular formula is C18H25O6S-. The Labute approximate surface area is 149 Å². The number of fused-ring (bicyclic) bond motifs is 2. The molecule has 2 aliphatic carbocycles. The largest absolute Gasteiger partial charge is 0.748 e. The van der Waals surface area contributed by atoms with Crippen LogP contribution >= 0.6 is 0 Å². The lowest BCUT2D eigenvalue weighted by atomic mass is 9.57. The number of aliphatic hydroxyl groups excluding tert-OH is 1. The second-order valence-corrected chi connectivity index (χ2v) is 8.41. The smallest absolute Gasteiger partial charge is 0.312 e. The van der Waals surface area contributed by atoms with Gasteiger partial charge in [0, 0.05) is 11.7 Å². The number of carbonyl (C=O) groups is 1. The van der Waals surface area contributed by atoms with Gasteiger partial charge in [0.1, 0.15) is 0 Å². The maximum absolute atomic E-state index is 12.3. The number of methoxy groups -OCH3 is 1. The summed E-state index contributed by atoms with van der Waals surface area (Å²) in [5.41, 5.74) is 0.903. The summed E-state index contributed by atoms with van der Waals surface area (Å²) in [4.78, 5) is 12.3. The molecule has 140 valence electrons. The molecule has 2 bridgehead atoms. The first kappa shape index (κ1) is 19.9. The van der Waals surface area contributed by atoms with E-state index in [1.807, 2.05) is 18.2 Å². The highest BCUT2D eigenvalue weighted by Gasteiger charge is 2.60. The molecule has 2 fully saturated rings. The van der Waals surface area contributed by atoms with E-state index in [0.29, 0.717) is 18.1 Å². The molecule has 0 amide bonds. The maximum atomic E-state index is 12.3. The molecule has 2 saturated carbocycles. The van der Waals surface area contributed by atoms with Gasteiger partial charge in [-0.15, -0.1) is 0 Å². The lowest BCUT2D eigenvalue weighted by molar-refractivity contribution is -0.158. The number of hydrogen-bond donors (Lipinski definition) is 1. The summed E-state index contributed by atoms with van der Waals surface area (Å²) in [6, 6.07) is 10.2. The Bertz CT molecular complexity index is 694. The average molecular weight is 369 g/mol. The zero-order valence-corrected chi connectivity index (χ0v) is 15.5. The summed E-state index contributed by atoms with van der Waals surface area (Å²) in [5, 5.41) is 10.5. The SMILES string of the molecule is COC(=O)C1[C@@H](O)C[C@H]2CCC1(c1ccccc1)[C@H]2C.CS(=O)(=O)[O-]. The number of carbonyl (C=O) groups excluding carboxylic acids is 1. The molecule has 5 atom stereocenters. The lowest BCUT2D eigenvalue weighted by Gasteiger charge is -2.47. The Balaban J connectivity index is 0.000000399. The van der Waals surface area contributed by atoms with Crippen molar-refractivity contribution in [1.82, 2.24) is 0 Å². The number of rotatable bonds is 2. The third kappa shape index (κ3) is 4.04. The van der Waals surface area contributed by atoms with Crippen molar-refractivity contribution in [1.29, 1.82) is 0 Å². The van der Waals surface area contributed by atoms with Crippen LogP contribution in [0.15, 0.2) is 30.3 Å². The normalized spacial score (nSPS) is 34.0. The topological polar surface area (TPSA) is 104 Å². The fraction of sp³-hybridized carbons (Fsp3) is 0.611. The van der Waals surface area contributed by atoms with Crippen LogP contribution in [-0.2, 0) is 25.1 Å². The number of hydrogen-bond acceptors (Lipinski definition) is 6. The molecule has 6 nitrogen and oxygen atoms in total. The average Bonchev–Trinajstić information content (AvgIpc) is 2.76. The van der Waals surface area contributed by atoms with Crippen molar-refractivity contribution in [2.24, 2.45) is 17.8 Å². The minimum atomic E-state index is -3.92. The second kappa shape index (κ2) is 7.43. The summed E-state index contributed by atoms with van der Waals surface area (Å²) >= 11 is 0. The van der Waals surface area contributed by atoms with Gasteiger partial charge in [0.2, 0.25) is 0 Å². The van der Waals surface area contributed by atoms with Gasteiger partial charge in [-0.05, 0) is 36.7 Å². The van der Waals surface area contributed by atoms with Gasteiger partial charge in [-0.2, -0.15) is 0 Å². The summed E-state index contributed by atoms with van der Waals surface area (Å²) < 4.78 is 32.2. The Morgan fingerprint density at radius 2 is 1.88 bits per heavy atom. The quantitative estimate of drug-likeness (QED) is 0.628. The number of benzene rings is 1. The van der Waals surface area contributed by atoms with Crippen molar-refractivity contribution < 1.29 is 27.6 Å². The van der Waals surface area contributed by atoms with Gasteiger partial charge in [-0.3, -0.25) is 4.79 Å². The van der Waals surface area contributed by atoms with E-state index in [0.717, 1.165) is 19.3 Å². The minimum Gasteiger partial charge on any atom is -0.748 e. The highest BCUT2D eigenvalue weighted by molar-refractivity contribution is 7.84. The summed E-state index contributed by atoms with van der Waals surface area (Å²) in [6.07, 6.45) is 2.77. The van der Waals surface area contributed by atoms with Gasteiger partial charge >= 0.3 is 5.97 Å². The van der Waals surface area contributed by atoms with E-state index in [2.05, 4.69) is 19.1 Å². The molecule has 0 spiro atoms. The van der Waals surface area contributed by atoms with Gasteiger partial charge in [-0.25, -0.2) is 8.42 Å². The lowest BCUT2D eigenvalue weighted by Crippen LogP contribution is -2.53. The molecule has 0 heterocycles. The van der Waals surface area contributed by atoms with Crippen molar-refractivity contribution in [3.63, 3.8) is 0 Å². The third-order valence-corrected chi connectivity index (χ3v) is 5.70. The standard InChI is InChI=1S/C17H22O3.CH4O3S/c1-11-12-8-9-17(11,13-6-4-3-5-7-13)15(14(18)10-12)16(19)20-2;1-5(2,3)4/h3-7,11-12,14-15,18H,8-10H2,1-2H3;1H3,(H,2,3,4)/p-1/t11-,12+,14-,15?,17?;/m0./s1. The Morgan fingerprint density at radius 3 is 2.40 bits per heavy atom. The van der Waals surface area contributed by atoms with E-state index in [4.69, 9.17) is 17.7 Å². The summed E-state index contributed by atoms with van der Waals surface area (Å²) in [7, 11) is -2.50. The van der Waals surface area contributed by atoms with Gasteiger partial charge in [0.25, 0.3) is 0 Å². The molecule has 2 unspecified atom stereocenters. The Morgan fingerprint density at radius 1 is 1.32 bits per heavy atom. The molecule has 1 aromatic carbocycles. The number of aliphatic hydroxyl groups is 1. The van der Waals surface area contributed by atoms with Crippen LogP contribution in [0.2, 0.25) is 0 Å². The van der Waals surface area contributed by atoms with Gasteiger partial charge < -0.3 is 14.4 Å². The van der Waals surface area contributed by atoms with E-state index in [1.54, 1.807) is 0 Å². The predicted octanol–water partition coefficient (Wildman–Crippen LogP) is 1.69. The zero-order valence-electron chi connectivity index (χ0n) is 14.7. The fourth-order valence-electron chi connectivity index (χ4n) is 4.70. The van der Waals surface area contributed by atoms with Crippen LogP contribution in [0.5, 0.6) is 0 Å². The van der Waals surface area contributed by atoms with E-state index in [1.165, 1.54) is 12.7 Å². The predicted molar refractivity (Wildman–Crippen MR) is 91.8 cm³/mol. The van der Waals surface area contributed by atoms with E-state index in [9.17, 15) is 9.90 Å². The Hall–Kier alpha value is -1.44. The third-order valence-electron chi connectivity index (χ3n) is 5.70. The highest BCUT2D eigenvalue weighted by Crippen LogP contribution is 2.59. The fourth-order valence-corrected chi connectivity index (χ4v) is 4.70. The maximum Gasteiger partial charge on any atom is 0.312 e. The number of ether oxygens (including phenoxy) is 1. The molecule has 25 heavy (non-hydrogen) atoms. The zero-order chi connectivity index (χ0) is 18.8. The molecule has 3 rings (SSSR count). The summed E-state index contributed by atoms with van der Waals surface area (Å²) in [5.74, 6) is 0.195. The van der Waals surface area contributed by atoms with Crippen molar-refractivity contribution in [2.45, 2.75) is 37.7 Å². The molecule has 7 heteroatoms. The monoisotopic (exact) mass is 369 g/mol. The molecule has 2 aliphatic rings. The molecule has 1 N–H and O–H groups in total. The van der Waals surface area contributed by atoms with Crippen molar-refractivity contribution in [3.05, 3.63) is 35.9 Å². The molecule has 0 aliphatic heterocycles. The summed E-state index contributed by atoms with van der Waals surface area (Å²) in [6.45, 7) is 2.23. The Kier molecular flexibility index (Phi) is 5.91. The van der Waals surface area contributed by atoms with Crippen LogP contribution in [0, 0.1) is 17.8 Å². The van der Waals surface area contributed by atoms with Crippen LogP contribution in [0.25, 0.3) is 0 Å². The van der Waals surface area contributed by atoms with Crippen LogP contribution < -0.4 is 0 Å². The molecule has 0 aromatic heterocycles. The van der Waals surface area contributed by atoms with Gasteiger partial charge in [0.15, 0.2) is 0 Å². The first-order valence-corrected chi connectivity index (χ1v) is 10.1. The van der Waals surface area contributed by atoms with Crippen molar-refractivity contribution in [3.8, 4) is 0 Å². The van der Waals surface area contributed by atoms with Crippen molar-refractivity contribution >= 4 is 16.1 Å². The van der Waals surface area contributed by atoms with Crippen LogP contribution in [0.3, 0.4) is 0 Å². The molecular weight excluding hydrogens is 344 g/mol. The van der Waals surface area contributed by atoms with E-state index in [-0.39, 0.29) is 11.4 Å². The minimum absolute atomic E-state index is 0.267. The highest BCUT2D eigenvalue weighted by atomic mass is 32.2. The first-order chi connectivity index (χ1) is 11.6. The van der Waals surface area contributed by atoms with E-state index < -0.39 is 22.1 Å². The first-order valence-electron chi connectivity index (χ1n) is 8.33. The van der Waals surface area contributed by atoms with E-state index >= 15 is 0 Å². The molecule has 0 radical (unpaired) electrons. The van der Waals surface area contributed by atoms with Gasteiger partial charge in [-0.1, -0.05) is 37.3 Å². The second-order valence-electron chi connectivity index (χ2n) is 7.00.